The molecule has 0 saturated carbocycles. The summed E-state index contributed by atoms with van der Waals surface area (Å²) >= 11 is 0. The van der Waals surface area contributed by atoms with Crippen LogP contribution in [-0.4, -0.2) is 19.9 Å². The van der Waals surface area contributed by atoms with Gasteiger partial charge in [-0.2, -0.15) is 0 Å². The molecule has 0 unspecified atom stereocenters. The van der Waals surface area contributed by atoms with Gasteiger partial charge < -0.3 is 0 Å². The van der Waals surface area contributed by atoms with E-state index in [0.29, 0.717) is 17.8 Å². The maximum absolute atomic E-state index is 4.90. The van der Waals surface area contributed by atoms with Crippen LogP contribution in [0.2, 0.25) is 0 Å². The van der Waals surface area contributed by atoms with Crippen LogP contribution in [0.25, 0.3) is 88.6 Å². The van der Waals surface area contributed by atoms with Crippen molar-refractivity contribution in [3.05, 3.63) is 236 Å². The highest BCUT2D eigenvalue weighted by atomic mass is 14.9. The smallest absolute Gasteiger partial charge is 0.214 e. The predicted molar refractivity (Wildman–Crippen MR) is 377 cm³/mol. The minimum atomic E-state index is 0.444. The fourth-order valence-electron chi connectivity index (χ4n) is 12.6. The number of fused-ring (bicyclic) bond motifs is 4. The lowest BCUT2D eigenvalue weighted by atomic mass is 9.95. The minimum Gasteiger partial charge on any atom is -0.256 e. The van der Waals surface area contributed by atoms with Crippen molar-refractivity contribution in [1.82, 2.24) is 19.9 Å². The number of rotatable bonds is 8. The average Bonchev–Trinajstić information content (AvgIpc) is 1.12. The molecule has 0 amide bonds. The van der Waals surface area contributed by atoms with Crippen molar-refractivity contribution in [3.63, 3.8) is 0 Å². The van der Waals surface area contributed by atoms with Gasteiger partial charge in [-0.05, 0) is 224 Å². The van der Waals surface area contributed by atoms with Gasteiger partial charge >= 0.3 is 0 Å². The van der Waals surface area contributed by atoms with E-state index in [1.807, 2.05) is 18.5 Å². The van der Waals surface area contributed by atoms with E-state index >= 15 is 0 Å². The van der Waals surface area contributed by atoms with E-state index in [4.69, 9.17) is 9.97 Å². The number of nitrogens with zero attached hydrogens (tertiary/aromatic N) is 8. The molecular weight excluding hydrogens is 1100 g/mol. The number of pyridine rings is 8. The Morgan fingerprint density at radius 1 is 0.356 bits per heavy atom. The highest BCUT2D eigenvalue weighted by molar-refractivity contribution is 5.85. The topological polar surface area (TPSA) is 67.1 Å². The number of hydrogen-bond acceptors (Lipinski definition) is 4. The standard InChI is InChI=1S/C22H27N2.2C21H25N2.C18H19N2/c1-14(2)9-19-8-7-18-13-24(6)22(12-21(18)23-19)20-11-15(3)10-16(4)17(20)5;1-13(2)17-7-8-22-20-11-21(23(6)12-19(17)20)18-10-14(3)9-15(4)16(18)5;1-13(2)19-8-7-17-12-23(6)21(11-20(17)22-19)18-10-14(3)9-15(4)16(18)5;1-12-8-13(2)14(3)16(9-12)18-10-17-15(11-20(18)4)6-5-7-19-17/h7-8,10-14H,9H2,1-6H3;2*7-13H,1-6H3;5-11H,1-4H3/q4*+1. The van der Waals surface area contributed by atoms with E-state index in [0.717, 1.165) is 34.2 Å². The number of aromatic nitrogens is 8. The first-order valence-electron chi connectivity index (χ1n) is 32.1. The maximum Gasteiger partial charge on any atom is 0.214 e. The molecule has 0 spiro atoms. The molecule has 90 heavy (non-hydrogen) atoms. The predicted octanol–water partition coefficient (Wildman–Crippen LogP) is 18.1. The zero-order valence-corrected chi connectivity index (χ0v) is 58.0. The second kappa shape index (κ2) is 27.5. The van der Waals surface area contributed by atoms with Crippen LogP contribution >= 0.6 is 0 Å². The largest absolute Gasteiger partial charge is 0.256 e. The Kier molecular flexibility index (Phi) is 20.0. The molecule has 12 aromatic rings. The summed E-state index contributed by atoms with van der Waals surface area (Å²) in [6, 6.07) is 41.8. The Balaban J connectivity index is 0.000000143. The second-order valence-corrected chi connectivity index (χ2v) is 26.7. The molecule has 0 aliphatic rings. The van der Waals surface area contributed by atoms with Gasteiger partial charge in [-0.15, -0.1) is 0 Å². The van der Waals surface area contributed by atoms with Gasteiger partial charge in [0.05, 0.1) is 43.6 Å². The van der Waals surface area contributed by atoms with Gasteiger partial charge in [-0.3, -0.25) is 19.9 Å². The van der Waals surface area contributed by atoms with Crippen LogP contribution in [0.4, 0.5) is 0 Å². The van der Waals surface area contributed by atoms with Crippen molar-refractivity contribution in [2.45, 2.75) is 143 Å². The van der Waals surface area contributed by atoms with E-state index in [1.165, 1.54) is 145 Å². The third-order valence-corrected chi connectivity index (χ3v) is 18.0. The van der Waals surface area contributed by atoms with Gasteiger partial charge in [0.15, 0.2) is 24.8 Å². The third kappa shape index (κ3) is 14.6. The van der Waals surface area contributed by atoms with Crippen molar-refractivity contribution in [2.24, 2.45) is 34.1 Å². The molecule has 0 aliphatic heterocycles. The third-order valence-electron chi connectivity index (χ3n) is 18.0. The average molecular weight is 1190 g/mol. The summed E-state index contributed by atoms with van der Waals surface area (Å²) < 4.78 is 8.84. The molecule has 0 fully saturated rings. The first-order valence-corrected chi connectivity index (χ1v) is 32.1. The van der Waals surface area contributed by atoms with Gasteiger partial charge in [0.2, 0.25) is 22.8 Å². The van der Waals surface area contributed by atoms with Crippen molar-refractivity contribution in [2.75, 3.05) is 0 Å². The van der Waals surface area contributed by atoms with Crippen LogP contribution in [0.3, 0.4) is 0 Å². The zero-order chi connectivity index (χ0) is 65.2. The zero-order valence-electron chi connectivity index (χ0n) is 58.0. The molecule has 0 N–H and O–H groups in total. The SMILES string of the molecule is Cc1cc(C)c(C)c(-c2cc3nc(C(C)C)ccc3c[n+]2C)c1.Cc1cc(C)c(C)c(-c2cc3nc(CC(C)C)ccc3c[n+]2C)c1.Cc1cc(C)c(C)c(-c2cc3nccc(C(C)C)c3c[n+]2C)c1.Cc1cc(C)c(C)c(-c2cc3ncccc3c[n+]2C)c1. The molecule has 460 valence electrons. The fourth-order valence-corrected chi connectivity index (χ4v) is 12.6. The summed E-state index contributed by atoms with van der Waals surface area (Å²) in [6.07, 6.45) is 13.5. The Morgan fingerprint density at radius 2 is 0.733 bits per heavy atom. The first-order chi connectivity index (χ1) is 42.6. The molecule has 4 aromatic carbocycles. The molecule has 0 atom stereocenters. The van der Waals surface area contributed by atoms with E-state index in [-0.39, 0.29) is 0 Å². The van der Waals surface area contributed by atoms with Gasteiger partial charge in [0, 0.05) is 70.3 Å². The van der Waals surface area contributed by atoms with E-state index in [9.17, 15) is 0 Å². The molecule has 0 radical (unpaired) electrons. The number of aryl methyl sites for hydroxylation is 12. The van der Waals surface area contributed by atoms with Gasteiger partial charge in [0.1, 0.15) is 28.2 Å². The van der Waals surface area contributed by atoms with Crippen molar-refractivity contribution in [3.8, 4) is 45.0 Å². The summed E-state index contributed by atoms with van der Waals surface area (Å²) in [5, 5.41) is 4.79. The lowest BCUT2D eigenvalue weighted by Crippen LogP contribution is -2.31. The van der Waals surface area contributed by atoms with Crippen LogP contribution in [0.15, 0.2) is 152 Å². The van der Waals surface area contributed by atoms with E-state index < -0.39 is 0 Å². The Morgan fingerprint density at radius 3 is 1.16 bits per heavy atom. The number of hydrogen-bond donors (Lipinski definition) is 0. The summed E-state index contributed by atoms with van der Waals surface area (Å²) in [6.45, 7) is 39.5. The summed E-state index contributed by atoms with van der Waals surface area (Å²) in [4.78, 5) is 18.8. The molecule has 0 bridgehead atoms. The molecule has 0 aliphatic carbocycles. The normalized spacial score (nSPS) is 11.3. The Hall–Kier alpha value is -8.88. The molecular formula is C82H96N8+4. The molecule has 8 heterocycles. The molecule has 8 heteroatoms. The summed E-state index contributed by atoms with van der Waals surface area (Å²) in [7, 11) is 8.46. The van der Waals surface area contributed by atoms with Gasteiger partial charge in [0.25, 0.3) is 0 Å². The van der Waals surface area contributed by atoms with Crippen molar-refractivity contribution in [1.29, 1.82) is 0 Å². The van der Waals surface area contributed by atoms with Crippen LogP contribution < -0.4 is 18.3 Å². The van der Waals surface area contributed by atoms with Crippen LogP contribution in [-0.2, 0) is 34.6 Å². The van der Waals surface area contributed by atoms with Crippen LogP contribution in [0.5, 0.6) is 0 Å². The van der Waals surface area contributed by atoms with E-state index in [2.05, 4.69) is 315 Å². The molecule has 12 rings (SSSR count). The summed E-state index contributed by atoms with van der Waals surface area (Å²) in [5.74, 6) is 1.56. The fraction of sp³-hybridized carbons (Fsp3) is 0.317. The van der Waals surface area contributed by atoms with Crippen molar-refractivity contribution < 1.29 is 18.3 Å². The van der Waals surface area contributed by atoms with Crippen LogP contribution in [0.1, 0.15) is 137 Å². The minimum absolute atomic E-state index is 0.444. The van der Waals surface area contributed by atoms with E-state index in [1.54, 1.807) is 0 Å². The lowest BCUT2D eigenvalue weighted by Gasteiger charge is -2.12. The first kappa shape index (κ1) is 65.6. The highest BCUT2D eigenvalue weighted by Gasteiger charge is 2.22. The quantitative estimate of drug-likeness (QED) is 0.142. The summed E-state index contributed by atoms with van der Waals surface area (Å²) in [5.41, 5.74) is 33.9. The lowest BCUT2D eigenvalue weighted by molar-refractivity contribution is -0.659. The number of benzene rings is 4. The highest BCUT2D eigenvalue weighted by Crippen LogP contribution is 2.32. The molecule has 0 saturated heterocycles. The van der Waals surface area contributed by atoms with Gasteiger partial charge in [-0.1, -0.05) is 88.1 Å². The monoisotopic (exact) mass is 1190 g/mol. The van der Waals surface area contributed by atoms with Crippen LogP contribution in [0, 0.1) is 89.0 Å². The Bertz CT molecular complexity index is 4620. The maximum atomic E-state index is 4.90. The van der Waals surface area contributed by atoms with Crippen molar-refractivity contribution >= 4 is 43.6 Å². The van der Waals surface area contributed by atoms with Gasteiger partial charge in [-0.25, -0.2) is 18.3 Å². The second-order valence-electron chi connectivity index (χ2n) is 26.7. The molecule has 8 nitrogen and oxygen atoms in total. The molecule has 8 aromatic heterocycles. The Labute approximate surface area is 537 Å².